The average Bonchev–Trinajstić information content (AvgIpc) is 2.84. The summed E-state index contributed by atoms with van der Waals surface area (Å²) in [4.78, 5) is 0. The molecule has 0 saturated heterocycles. The summed E-state index contributed by atoms with van der Waals surface area (Å²) >= 11 is 6.58. The second-order valence-corrected chi connectivity index (χ2v) is 5.41. The molecule has 1 N–H and O–H groups in total. The zero-order chi connectivity index (χ0) is 14.0. The van der Waals surface area contributed by atoms with Crippen LogP contribution in [0.5, 0.6) is 11.5 Å². The van der Waals surface area contributed by atoms with Crippen molar-refractivity contribution in [3.8, 4) is 11.5 Å². The number of hydrogen-bond acceptors (Lipinski definition) is 4. The molecule has 6 heteroatoms. The lowest BCUT2D eigenvalue weighted by Gasteiger charge is -2.15. The summed E-state index contributed by atoms with van der Waals surface area (Å²) in [6.45, 7) is 0. The number of benzene rings is 1. The van der Waals surface area contributed by atoms with Crippen LogP contribution < -0.4 is 9.47 Å². The van der Waals surface area contributed by atoms with Crippen LogP contribution in [0.1, 0.15) is 17.4 Å². The number of aliphatic hydroxyl groups is 1. The van der Waals surface area contributed by atoms with Crippen LogP contribution in [0.15, 0.2) is 37.8 Å². The minimum absolute atomic E-state index is 0.426. The Morgan fingerprint density at radius 3 is 2.32 bits per heavy atom. The van der Waals surface area contributed by atoms with Crippen molar-refractivity contribution in [2.24, 2.45) is 0 Å². The Balaban J connectivity index is 2.48. The summed E-state index contributed by atoms with van der Waals surface area (Å²) in [6.07, 6.45) is -0.928. The Kier molecular flexibility index (Phi) is 4.54. The van der Waals surface area contributed by atoms with Gasteiger partial charge in [0, 0.05) is 5.56 Å². The number of aliphatic hydroxyl groups excluding tert-OH is 1. The molecule has 0 fully saturated rings. The van der Waals surface area contributed by atoms with Crippen LogP contribution in [0.4, 0.5) is 0 Å². The Morgan fingerprint density at radius 2 is 1.79 bits per heavy atom. The quantitative estimate of drug-likeness (QED) is 0.858. The highest BCUT2D eigenvalue weighted by Gasteiger charge is 2.21. The van der Waals surface area contributed by atoms with Crippen LogP contribution in [-0.4, -0.2) is 19.3 Å². The van der Waals surface area contributed by atoms with E-state index in [0.717, 1.165) is 4.47 Å². The van der Waals surface area contributed by atoms with Gasteiger partial charge < -0.3 is 19.0 Å². The summed E-state index contributed by atoms with van der Waals surface area (Å²) in [5, 5.41) is 10.4. The molecule has 1 heterocycles. The summed E-state index contributed by atoms with van der Waals surface area (Å²) in [6, 6.07) is 6.88. The molecule has 2 rings (SSSR count). The fourth-order valence-electron chi connectivity index (χ4n) is 1.73. The largest absolute Gasteiger partial charge is 0.496 e. The van der Waals surface area contributed by atoms with Gasteiger partial charge in [-0.2, -0.15) is 0 Å². The number of rotatable bonds is 4. The summed E-state index contributed by atoms with van der Waals surface area (Å²) < 4.78 is 17.2. The number of halogens is 2. The van der Waals surface area contributed by atoms with Gasteiger partial charge in [-0.1, -0.05) is 0 Å². The molecule has 0 saturated carbocycles. The van der Waals surface area contributed by atoms with Crippen LogP contribution in [0.2, 0.25) is 0 Å². The lowest BCUT2D eigenvalue weighted by Crippen LogP contribution is -2.02. The number of methoxy groups -OCH3 is 2. The number of ether oxygens (including phenoxy) is 2. The second-order valence-electron chi connectivity index (χ2n) is 3.77. The fraction of sp³-hybridized carbons (Fsp3) is 0.231. The molecule has 1 atom stereocenters. The van der Waals surface area contributed by atoms with Crippen molar-refractivity contribution in [2.75, 3.05) is 14.2 Å². The van der Waals surface area contributed by atoms with Crippen molar-refractivity contribution in [2.45, 2.75) is 6.10 Å². The topological polar surface area (TPSA) is 51.8 Å². The molecule has 1 unspecified atom stereocenters. The Hall–Kier alpha value is -0.980. The van der Waals surface area contributed by atoms with E-state index in [1.807, 2.05) is 0 Å². The van der Waals surface area contributed by atoms with E-state index in [9.17, 15) is 5.11 Å². The van der Waals surface area contributed by atoms with E-state index >= 15 is 0 Å². The van der Waals surface area contributed by atoms with Gasteiger partial charge in [-0.05, 0) is 56.1 Å². The molecule has 0 amide bonds. The second kappa shape index (κ2) is 5.98. The van der Waals surface area contributed by atoms with Gasteiger partial charge in [0.15, 0.2) is 4.67 Å². The molecule has 102 valence electrons. The SMILES string of the molecule is COc1cc(C(O)c2ccc(Br)o2)c(OC)cc1Br. The Labute approximate surface area is 127 Å². The molecule has 1 aromatic heterocycles. The molecule has 0 aliphatic carbocycles. The zero-order valence-corrected chi connectivity index (χ0v) is 13.5. The van der Waals surface area contributed by atoms with Crippen LogP contribution >= 0.6 is 31.9 Å². The number of hydrogen-bond donors (Lipinski definition) is 1. The lowest BCUT2D eigenvalue weighted by atomic mass is 10.1. The first-order chi connectivity index (χ1) is 9.06. The third-order valence-corrected chi connectivity index (χ3v) is 3.71. The van der Waals surface area contributed by atoms with Crippen LogP contribution in [0, 0.1) is 0 Å². The third kappa shape index (κ3) is 2.96. The van der Waals surface area contributed by atoms with Crippen molar-refractivity contribution >= 4 is 31.9 Å². The maximum absolute atomic E-state index is 10.4. The van der Waals surface area contributed by atoms with Gasteiger partial charge in [-0.25, -0.2) is 0 Å². The summed E-state index contributed by atoms with van der Waals surface area (Å²) in [5.74, 6) is 1.59. The van der Waals surface area contributed by atoms with Gasteiger partial charge in [0.05, 0.1) is 18.7 Å². The van der Waals surface area contributed by atoms with E-state index in [1.54, 1.807) is 38.5 Å². The Morgan fingerprint density at radius 1 is 1.11 bits per heavy atom. The van der Waals surface area contributed by atoms with Crippen molar-refractivity contribution in [1.82, 2.24) is 0 Å². The first-order valence-electron chi connectivity index (χ1n) is 5.41. The minimum Gasteiger partial charge on any atom is -0.496 e. The van der Waals surface area contributed by atoms with Gasteiger partial charge in [0.1, 0.15) is 23.4 Å². The highest BCUT2D eigenvalue weighted by atomic mass is 79.9. The van der Waals surface area contributed by atoms with E-state index in [4.69, 9.17) is 13.9 Å². The molecule has 0 bridgehead atoms. The molecular weight excluding hydrogens is 380 g/mol. The van der Waals surface area contributed by atoms with Gasteiger partial charge in [0.25, 0.3) is 0 Å². The molecular formula is C13H12Br2O4. The Bertz CT molecular complexity index is 580. The summed E-state index contributed by atoms with van der Waals surface area (Å²) in [7, 11) is 3.11. The molecule has 0 aliphatic heterocycles. The molecule has 0 radical (unpaired) electrons. The standard InChI is InChI=1S/C13H12Br2O4/c1-17-10-6-8(14)11(18-2)5-7(10)13(16)9-3-4-12(15)19-9/h3-6,13,16H,1-2H3. The van der Waals surface area contributed by atoms with Crippen molar-refractivity contribution in [3.05, 3.63) is 44.7 Å². The van der Waals surface area contributed by atoms with Crippen LogP contribution in [0.25, 0.3) is 0 Å². The van der Waals surface area contributed by atoms with Crippen molar-refractivity contribution in [3.63, 3.8) is 0 Å². The van der Waals surface area contributed by atoms with Crippen molar-refractivity contribution in [1.29, 1.82) is 0 Å². The van der Waals surface area contributed by atoms with Crippen molar-refractivity contribution < 1.29 is 19.0 Å². The smallest absolute Gasteiger partial charge is 0.169 e. The van der Waals surface area contributed by atoms with E-state index in [1.165, 1.54) is 0 Å². The molecule has 19 heavy (non-hydrogen) atoms. The predicted molar refractivity (Wildman–Crippen MR) is 77.7 cm³/mol. The average molecular weight is 392 g/mol. The minimum atomic E-state index is -0.928. The number of furan rings is 1. The summed E-state index contributed by atoms with van der Waals surface area (Å²) in [5.41, 5.74) is 0.574. The molecule has 0 spiro atoms. The lowest BCUT2D eigenvalue weighted by molar-refractivity contribution is 0.183. The van der Waals surface area contributed by atoms with Gasteiger partial charge in [-0.15, -0.1) is 0 Å². The van der Waals surface area contributed by atoms with E-state index in [2.05, 4.69) is 31.9 Å². The highest BCUT2D eigenvalue weighted by Crippen LogP contribution is 2.38. The monoisotopic (exact) mass is 390 g/mol. The van der Waals surface area contributed by atoms with Gasteiger partial charge in [0.2, 0.25) is 0 Å². The van der Waals surface area contributed by atoms with E-state index in [0.29, 0.717) is 27.5 Å². The normalized spacial score (nSPS) is 12.3. The highest BCUT2D eigenvalue weighted by molar-refractivity contribution is 9.10. The first-order valence-corrected chi connectivity index (χ1v) is 7.00. The zero-order valence-electron chi connectivity index (χ0n) is 10.3. The maximum atomic E-state index is 10.4. The van der Waals surface area contributed by atoms with Crippen LogP contribution in [-0.2, 0) is 0 Å². The van der Waals surface area contributed by atoms with E-state index in [-0.39, 0.29) is 0 Å². The predicted octanol–water partition coefficient (Wildman–Crippen LogP) is 3.90. The van der Waals surface area contributed by atoms with Gasteiger partial charge >= 0.3 is 0 Å². The molecule has 0 aliphatic rings. The van der Waals surface area contributed by atoms with Crippen LogP contribution in [0.3, 0.4) is 0 Å². The first kappa shape index (κ1) is 14.4. The molecule has 2 aromatic rings. The third-order valence-electron chi connectivity index (χ3n) is 2.66. The molecule has 1 aromatic carbocycles. The van der Waals surface area contributed by atoms with E-state index < -0.39 is 6.10 Å². The maximum Gasteiger partial charge on any atom is 0.169 e. The molecule has 4 nitrogen and oxygen atoms in total. The van der Waals surface area contributed by atoms with Gasteiger partial charge in [-0.3, -0.25) is 0 Å². The fourth-order valence-corrected chi connectivity index (χ4v) is 2.53.